The van der Waals surface area contributed by atoms with E-state index in [1.165, 1.54) is 24.3 Å². The fourth-order valence-electron chi connectivity index (χ4n) is 1.59. The molecule has 0 heterocycles. The molecule has 19 heavy (non-hydrogen) atoms. The van der Waals surface area contributed by atoms with Crippen LogP contribution in [-0.4, -0.2) is 23.1 Å². The van der Waals surface area contributed by atoms with Gasteiger partial charge in [-0.1, -0.05) is 19.8 Å². The van der Waals surface area contributed by atoms with Gasteiger partial charge in [-0.2, -0.15) is 0 Å². The second-order valence-corrected chi connectivity index (χ2v) is 4.14. The van der Waals surface area contributed by atoms with Crippen LogP contribution >= 0.6 is 0 Å². The summed E-state index contributed by atoms with van der Waals surface area (Å²) in [5.41, 5.74) is 0.431. The topological polar surface area (TPSA) is 78.4 Å². The summed E-state index contributed by atoms with van der Waals surface area (Å²) in [6.07, 6.45) is 0.787. The van der Waals surface area contributed by atoms with Crippen LogP contribution in [-0.2, 0) is 4.79 Å². The van der Waals surface area contributed by atoms with Crippen LogP contribution in [0.2, 0.25) is 0 Å². The van der Waals surface area contributed by atoms with Gasteiger partial charge in [-0.05, 0) is 30.7 Å². The number of carboxylic acid groups (broad SMARTS) is 1. The third-order valence-corrected chi connectivity index (χ3v) is 2.57. The van der Waals surface area contributed by atoms with Gasteiger partial charge in [-0.3, -0.25) is 4.79 Å². The predicted molar refractivity (Wildman–Crippen MR) is 69.5 cm³/mol. The molecule has 0 spiro atoms. The summed E-state index contributed by atoms with van der Waals surface area (Å²) in [5, 5.41) is 13.4. The van der Waals surface area contributed by atoms with E-state index in [4.69, 9.17) is 5.11 Å². The Hall–Kier alpha value is -2.11. The Labute approximate surface area is 110 Å². The molecule has 1 rings (SSSR count). The molecule has 1 aromatic rings. The lowest BCUT2D eigenvalue weighted by molar-refractivity contribution is -0.118. The Morgan fingerprint density at radius 3 is 2.47 bits per heavy atom. The predicted octanol–water partition coefficient (Wildman–Crippen LogP) is 2.59. The van der Waals surface area contributed by atoms with Crippen molar-refractivity contribution >= 4 is 17.7 Å². The average molecular weight is 268 g/mol. The van der Waals surface area contributed by atoms with E-state index < -0.39 is 23.9 Å². The number of nitrogens with one attached hydrogen (secondary N) is 2. The molecule has 104 valence electrons. The van der Waals surface area contributed by atoms with Crippen LogP contribution in [0.4, 0.5) is 14.9 Å². The van der Waals surface area contributed by atoms with Gasteiger partial charge in [-0.25, -0.2) is 9.18 Å². The van der Waals surface area contributed by atoms with E-state index in [1.54, 1.807) is 0 Å². The van der Waals surface area contributed by atoms with E-state index in [-0.39, 0.29) is 0 Å². The first-order valence-electron chi connectivity index (χ1n) is 6.08. The summed E-state index contributed by atoms with van der Waals surface area (Å²) in [6, 6.07) is 4.49. The number of anilines is 1. The Balaban J connectivity index is 2.64. The lowest BCUT2D eigenvalue weighted by Gasteiger charge is -2.16. The first-order valence-corrected chi connectivity index (χ1v) is 6.08. The molecule has 0 saturated heterocycles. The van der Waals surface area contributed by atoms with Crippen molar-refractivity contribution in [3.05, 3.63) is 30.1 Å². The largest absolute Gasteiger partial charge is 0.465 e. The molecule has 0 fully saturated rings. The minimum Gasteiger partial charge on any atom is -0.465 e. The Bertz CT molecular complexity index is 434. The van der Waals surface area contributed by atoms with Gasteiger partial charge in [0.05, 0.1) is 0 Å². The highest BCUT2D eigenvalue weighted by Gasteiger charge is 2.19. The molecule has 6 heteroatoms. The maximum absolute atomic E-state index is 12.7. The van der Waals surface area contributed by atoms with Crippen molar-refractivity contribution in [1.29, 1.82) is 0 Å². The quantitative estimate of drug-likeness (QED) is 0.742. The summed E-state index contributed by atoms with van der Waals surface area (Å²) in [5.74, 6) is -0.841. The van der Waals surface area contributed by atoms with E-state index in [2.05, 4.69) is 10.6 Å². The van der Waals surface area contributed by atoms with Gasteiger partial charge >= 0.3 is 6.09 Å². The van der Waals surface area contributed by atoms with Crippen molar-refractivity contribution in [2.24, 2.45) is 0 Å². The number of hydrogen-bond acceptors (Lipinski definition) is 2. The lowest BCUT2D eigenvalue weighted by Crippen LogP contribution is -2.43. The number of rotatable bonds is 6. The Kier molecular flexibility index (Phi) is 5.78. The van der Waals surface area contributed by atoms with E-state index in [1.807, 2.05) is 6.92 Å². The number of carbonyl (C=O) groups excluding carboxylic acids is 1. The molecular weight excluding hydrogens is 251 g/mol. The zero-order chi connectivity index (χ0) is 14.3. The lowest BCUT2D eigenvalue weighted by atomic mass is 10.1. The van der Waals surface area contributed by atoms with Crippen molar-refractivity contribution in [3.8, 4) is 0 Å². The molecule has 1 aromatic carbocycles. The normalized spacial score (nSPS) is 11.7. The smallest absolute Gasteiger partial charge is 0.405 e. The van der Waals surface area contributed by atoms with Crippen molar-refractivity contribution in [3.63, 3.8) is 0 Å². The first-order chi connectivity index (χ1) is 9.02. The Morgan fingerprint density at radius 1 is 1.32 bits per heavy atom. The van der Waals surface area contributed by atoms with Crippen LogP contribution in [0.25, 0.3) is 0 Å². The van der Waals surface area contributed by atoms with Crippen molar-refractivity contribution in [2.75, 3.05) is 5.32 Å². The molecule has 0 bridgehead atoms. The van der Waals surface area contributed by atoms with E-state index >= 15 is 0 Å². The van der Waals surface area contributed by atoms with Crippen LogP contribution < -0.4 is 10.6 Å². The van der Waals surface area contributed by atoms with Crippen molar-refractivity contribution in [1.82, 2.24) is 5.32 Å². The number of halogens is 1. The summed E-state index contributed by atoms with van der Waals surface area (Å²) < 4.78 is 12.7. The van der Waals surface area contributed by atoms with Crippen LogP contribution in [0.15, 0.2) is 24.3 Å². The van der Waals surface area contributed by atoms with Crippen molar-refractivity contribution < 1.29 is 19.1 Å². The van der Waals surface area contributed by atoms with Gasteiger partial charge in [0.1, 0.15) is 11.9 Å². The average Bonchev–Trinajstić information content (AvgIpc) is 2.36. The van der Waals surface area contributed by atoms with Gasteiger partial charge in [0.2, 0.25) is 5.91 Å². The van der Waals surface area contributed by atoms with Gasteiger partial charge in [-0.15, -0.1) is 0 Å². The fraction of sp³-hybridized carbons (Fsp3) is 0.385. The summed E-state index contributed by atoms with van der Waals surface area (Å²) in [7, 11) is 0. The van der Waals surface area contributed by atoms with Crippen LogP contribution in [0.5, 0.6) is 0 Å². The Morgan fingerprint density at radius 2 is 1.95 bits per heavy atom. The summed E-state index contributed by atoms with van der Waals surface area (Å²) in [6.45, 7) is 1.95. The summed E-state index contributed by atoms with van der Waals surface area (Å²) >= 11 is 0. The van der Waals surface area contributed by atoms with Gasteiger partial charge in [0.25, 0.3) is 0 Å². The SMILES string of the molecule is CCCCC(NC(=O)O)C(=O)Nc1ccc(F)cc1. The van der Waals surface area contributed by atoms with E-state index in [9.17, 15) is 14.0 Å². The molecule has 1 unspecified atom stereocenters. The standard InChI is InChI=1S/C13H17FN2O3/c1-2-3-4-11(16-13(18)19)12(17)15-10-7-5-9(14)6-8-10/h5-8,11,16H,2-4H2,1H3,(H,15,17)(H,18,19). The van der Waals surface area contributed by atoms with Crippen LogP contribution in [0.1, 0.15) is 26.2 Å². The van der Waals surface area contributed by atoms with E-state index in [0.29, 0.717) is 12.1 Å². The van der Waals surface area contributed by atoms with Gasteiger partial charge in [0.15, 0.2) is 0 Å². The number of benzene rings is 1. The van der Waals surface area contributed by atoms with Crippen LogP contribution in [0, 0.1) is 5.82 Å². The molecule has 0 aromatic heterocycles. The number of hydrogen-bond donors (Lipinski definition) is 3. The molecule has 0 radical (unpaired) electrons. The number of amides is 2. The zero-order valence-electron chi connectivity index (χ0n) is 10.6. The molecule has 3 N–H and O–H groups in total. The highest BCUT2D eigenvalue weighted by molar-refractivity contribution is 5.96. The monoisotopic (exact) mass is 268 g/mol. The minimum absolute atomic E-state index is 0.399. The molecule has 0 aliphatic rings. The second-order valence-electron chi connectivity index (χ2n) is 4.14. The molecule has 0 aliphatic carbocycles. The minimum atomic E-state index is -1.24. The van der Waals surface area contributed by atoms with Gasteiger partial charge in [0, 0.05) is 5.69 Å². The first kappa shape index (κ1) is 14.9. The molecule has 2 amide bonds. The maximum atomic E-state index is 12.7. The molecule has 1 atom stereocenters. The maximum Gasteiger partial charge on any atom is 0.405 e. The highest BCUT2D eigenvalue weighted by Crippen LogP contribution is 2.10. The van der Waals surface area contributed by atoms with Crippen molar-refractivity contribution in [2.45, 2.75) is 32.2 Å². The van der Waals surface area contributed by atoms with E-state index in [0.717, 1.165) is 12.8 Å². The second kappa shape index (κ2) is 7.35. The highest BCUT2D eigenvalue weighted by atomic mass is 19.1. The fourth-order valence-corrected chi connectivity index (χ4v) is 1.59. The van der Waals surface area contributed by atoms with Gasteiger partial charge < -0.3 is 15.7 Å². The molecule has 0 aliphatic heterocycles. The van der Waals surface area contributed by atoms with Crippen LogP contribution in [0.3, 0.4) is 0 Å². The molecular formula is C13H17FN2O3. The number of carbonyl (C=O) groups is 2. The molecule has 0 saturated carbocycles. The summed E-state index contributed by atoms with van der Waals surface area (Å²) in [4.78, 5) is 22.5. The third-order valence-electron chi connectivity index (χ3n) is 2.57. The molecule has 5 nitrogen and oxygen atoms in total. The number of unbranched alkanes of at least 4 members (excludes halogenated alkanes) is 1. The zero-order valence-corrected chi connectivity index (χ0v) is 10.6. The third kappa shape index (κ3) is 5.37.